The van der Waals surface area contributed by atoms with E-state index in [1.54, 1.807) is 0 Å². The molecule has 5 aliphatic carbocycles. The molecular weight excluding hydrogens is 348 g/mol. The maximum atomic E-state index is 12.2. The standard InChI is InChI=1S/C25H34O3/c1-13-14(2)25(10-7-20(27)28-25)24(4)9-6-18-21(22(13)24)17-12-16(17)19-11-15(26)5-8-23(18,19)3/h11,13-14,16-18,21-22H,5-10,12H2,1-4H3/t13-,14?,16?,17?,18?,21?,22?,23-,24+,25+/m1/s1. The number of esters is 1. The molecule has 152 valence electrons. The second kappa shape index (κ2) is 5.13. The van der Waals surface area contributed by atoms with Crippen LogP contribution in [0, 0.1) is 52.3 Å². The number of ether oxygens (including phenoxy) is 1. The maximum absolute atomic E-state index is 12.2. The Morgan fingerprint density at radius 1 is 1.07 bits per heavy atom. The van der Waals surface area contributed by atoms with Crippen LogP contribution in [-0.2, 0) is 14.3 Å². The highest BCUT2D eigenvalue weighted by atomic mass is 16.6. The highest BCUT2D eigenvalue weighted by Gasteiger charge is 2.75. The Hall–Kier alpha value is -1.12. The second-order valence-electron chi connectivity index (χ2n) is 11.7. The Morgan fingerprint density at radius 2 is 1.86 bits per heavy atom. The quantitative estimate of drug-likeness (QED) is 0.557. The van der Waals surface area contributed by atoms with Gasteiger partial charge >= 0.3 is 5.97 Å². The number of allylic oxidation sites excluding steroid dienone is 1. The Kier molecular flexibility index (Phi) is 3.25. The number of ketones is 1. The summed E-state index contributed by atoms with van der Waals surface area (Å²) in [4.78, 5) is 24.4. The molecule has 6 unspecified atom stereocenters. The number of carbonyl (C=O) groups excluding carboxylic acids is 2. The van der Waals surface area contributed by atoms with Crippen LogP contribution in [0.4, 0.5) is 0 Å². The van der Waals surface area contributed by atoms with Crippen LogP contribution in [0.15, 0.2) is 11.6 Å². The zero-order chi connectivity index (χ0) is 19.6. The molecule has 5 fully saturated rings. The maximum Gasteiger partial charge on any atom is 0.306 e. The van der Waals surface area contributed by atoms with Crippen LogP contribution in [0.3, 0.4) is 0 Å². The van der Waals surface area contributed by atoms with E-state index in [2.05, 4.69) is 33.8 Å². The first-order chi connectivity index (χ1) is 13.2. The number of carbonyl (C=O) groups is 2. The highest BCUT2D eigenvalue weighted by Crippen LogP contribution is 2.77. The third-order valence-electron chi connectivity index (χ3n) is 11.1. The molecule has 1 heterocycles. The van der Waals surface area contributed by atoms with E-state index in [-0.39, 0.29) is 22.4 Å². The Bertz CT molecular complexity index is 813. The molecule has 6 aliphatic rings. The van der Waals surface area contributed by atoms with Gasteiger partial charge in [-0.05, 0) is 85.0 Å². The molecule has 0 bridgehead atoms. The van der Waals surface area contributed by atoms with E-state index in [0.717, 1.165) is 31.1 Å². The van der Waals surface area contributed by atoms with Gasteiger partial charge in [0.05, 0.1) is 0 Å². The molecule has 6 rings (SSSR count). The topological polar surface area (TPSA) is 43.4 Å². The predicted octanol–water partition coefficient (Wildman–Crippen LogP) is 4.94. The van der Waals surface area contributed by atoms with E-state index >= 15 is 0 Å². The fourth-order valence-corrected chi connectivity index (χ4v) is 9.66. The monoisotopic (exact) mass is 382 g/mol. The fourth-order valence-electron chi connectivity index (χ4n) is 9.66. The summed E-state index contributed by atoms with van der Waals surface area (Å²) in [5.41, 5.74) is 1.62. The van der Waals surface area contributed by atoms with E-state index < -0.39 is 0 Å². The lowest BCUT2D eigenvalue weighted by Gasteiger charge is -2.59. The van der Waals surface area contributed by atoms with Gasteiger partial charge in [-0.15, -0.1) is 0 Å². The van der Waals surface area contributed by atoms with Gasteiger partial charge in [-0.25, -0.2) is 0 Å². The minimum Gasteiger partial charge on any atom is -0.458 e. The van der Waals surface area contributed by atoms with Crippen molar-refractivity contribution in [3.8, 4) is 0 Å². The Morgan fingerprint density at radius 3 is 2.57 bits per heavy atom. The van der Waals surface area contributed by atoms with Crippen LogP contribution in [0.25, 0.3) is 0 Å². The molecule has 4 saturated carbocycles. The van der Waals surface area contributed by atoms with Crippen molar-refractivity contribution in [2.75, 3.05) is 0 Å². The number of hydrogen-bond donors (Lipinski definition) is 0. The first-order valence-electron chi connectivity index (χ1n) is 11.7. The molecule has 0 N–H and O–H groups in total. The summed E-state index contributed by atoms with van der Waals surface area (Å²) in [6.07, 6.45) is 9.07. The van der Waals surface area contributed by atoms with E-state index in [9.17, 15) is 9.59 Å². The van der Waals surface area contributed by atoms with E-state index in [4.69, 9.17) is 4.74 Å². The van der Waals surface area contributed by atoms with Crippen LogP contribution < -0.4 is 0 Å². The van der Waals surface area contributed by atoms with Crippen molar-refractivity contribution in [1.29, 1.82) is 0 Å². The summed E-state index contributed by atoms with van der Waals surface area (Å²) < 4.78 is 6.24. The van der Waals surface area contributed by atoms with Crippen LogP contribution in [0.5, 0.6) is 0 Å². The second-order valence-corrected chi connectivity index (χ2v) is 11.7. The molecule has 10 atom stereocenters. The lowest BCUT2D eigenvalue weighted by molar-refractivity contribution is -0.174. The number of hydrogen-bond acceptors (Lipinski definition) is 3. The largest absolute Gasteiger partial charge is 0.458 e. The fraction of sp³-hybridized carbons (Fsp3) is 0.840. The number of rotatable bonds is 0. The lowest BCUT2D eigenvalue weighted by atomic mass is 9.45. The SMILES string of the molecule is CC1[C@@H](C)C2C3C4CC4C4=CC(=O)CC[C@]4(C)C3CC[C@]2(C)[C@]12CCC(=O)O2. The van der Waals surface area contributed by atoms with E-state index in [1.807, 2.05) is 0 Å². The van der Waals surface area contributed by atoms with Gasteiger partial charge in [0.15, 0.2) is 5.78 Å². The third-order valence-corrected chi connectivity index (χ3v) is 11.1. The Labute approximate surface area is 168 Å². The van der Waals surface area contributed by atoms with E-state index in [1.165, 1.54) is 24.8 Å². The summed E-state index contributed by atoms with van der Waals surface area (Å²) in [6.45, 7) is 9.77. The minimum atomic E-state index is -0.233. The lowest BCUT2D eigenvalue weighted by Crippen LogP contribution is -2.56. The van der Waals surface area contributed by atoms with Crippen molar-refractivity contribution in [2.45, 2.75) is 78.2 Å². The summed E-state index contributed by atoms with van der Waals surface area (Å²) in [5, 5.41) is 0. The van der Waals surface area contributed by atoms with Crippen LogP contribution in [-0.4, -0.2) is 17.4 Å². The highest BCUT2D eigenvalue weighted by molar-refractivity contribution is 5.92. The molecule has 3 heteroatoms. The molecule has 0 aromatic rings. The molecule has 0 radical (unpaired) electrons. The minimum absolute atomic E-state index is 0.0268. The first kappa shape index (κ1) is 17.7. The predicted molar refractivity (Wildman–Crippen MR) is 106 cm³/mol. The van der Waals surface area contributed by atoms with Gasteiger partial charge in [0.2, 0.25) is 0 Å². The van der Waals surface area contributed by atoms with Gasteiger partial charge in [-0.1, -0.05) is 33.3 Å². The van der Waals surface area contributed by atoms with Gasteiger partial charge in [0.25, 0.3) is 0 Å². The molecule has 28 heavy (non-hydrogen) atoms. The zero-order valence-corrected chi connectivity index (χ0v) is 17.8. The van der Waals surface area contributed by atoms with Crippen molar-refractivity contribution >= 4 is 11.8 Å². The average Bonchev–Trinajstić information content (AvgIpc) is 3.32. The van der Waals surface area contributed by atoms with Crippen LogP contribution in [0.1, 0.15) is 72.6 Å². The van der Waals surface area contributed by atoms with Crippen LogP contribution in [0.2, 0.25) is 0 Å². The molecule has 1 saturated heterocycles. The van der Waals surface area contributed by atoms with Crippen LogP contribution >= 0.6 is 0 Å². The van der Waals surface area contributed by atoms with Crippen molar-refractivity contribution in [2.24, 2.45) is 52.3 Å². The van der Waals surface area contributed by atoms with Crippen molar-refractivity contribution in [1.82, 2.24) is 0 Å². The van der Waals surface area contributed by atoms with Crippen molar-refractivity contribution < 1.29 is 14.3 Å². The molecule has 3 nitrogen and oxygen atoms in total. The first-order valence-corrected chi connectivity index (χ1v) is 11.7. The summed E-state index contributed by atoms with van der Waals surface area (Å²) >= 11 is 0. The van der Waals surface area contributed by atoms with E-state index in [0.29, 0.717) is 41.8 Å². The van der Waals surface area contributed by atoms with Crippen molar-refractivity contribution in [3.63, 3.8) is 0 Å². The summed E-state index contributed by atoms with van der Waals surface area (Å²) in [5.74, 6) is 4.96. The number of fused-ring (bicyclic) bond motifs is 9. The molecular formula is C25H34O3. The third kappa shape index (κ3) is 1.80. The molecule has 1 spiro atoms. The average molecular weight is 383 g/mol. The molecule has 0 aromatic heterocycles. The molecule has 1 aliphatic heterocycles. The summed E-state index contributed by atoms with van der Waals surface area (Å²) in [6, 6.07) is 0. The summed E-state index contributed by atoms with van der Waals surface area (Å²) in [7, 11) is 0. The van der Waals surface area contributed by atoms with Gasteiger partial charge in [-0.3, -0.25) is 9.59 Å². The van der Waals surface area contributed by atoms with Gasteiger partial charge in [0.1, 0.15) is 5.60 Å². The van der Waals surface area contributed by atoms with Gasteiger partial charge < -0.3 is 4.74 Å². The smallest absolute Gasteiger partial charge is 0.306 e. The van der Waals surface area contributed by atoms with Gasteiger partial charge in [-0.2, -0.15) is 0 Å². The molecule has 0 amide bonds. The van der Waals surface area contributed by atoms with Gasteiger partial charge in [0, 0.05) is 18.3 Å². The molecule has 0 aromatic carbocycles. The normalized spacial score (nSPS) is 59.1. The van der Waals surface area contributed by atoms with Crippen molar-refractivity contribution in [3.05, 3.63) is 11.6 Å². The zero-order valence-electron chi connectivity index (χ0n) is 17.8. The Balaban J connectivity index is 1.45.